The van der Waals surface area contributed by atoms with E-state index in [-0.39, 0.29) is 5.91 Å². The first-order valence-corrected chi connectivity index (χ1v) is 7.94. The van der Waals surface area contributed by atoms with Crippen molar-refractivity contribution in [3.05, 3.63) is 0 Å². The quantitative estimate of drug-likeness (QED) is 0.811. The molecule has 2 fully saturated rings. The maximum absolute atomic E-state index is 12.2. The van der Waals surface area contributed by atoms with E-state index in [4.69, 9.17) is 5.73 Å². The Labute approximate surface area is 117 Å². The zero-order chi connectivity index (χ0) is 13.7. The van der Waals surface area contributed by atoms with Gasteiger partial charge in [-0.25, -0.2) is 0 Å². The number of carbonyl (C=O) groups excluding carboxylic acids is 1. The molecule has 3 N–H and O–H groups in total. The average molecular weight is 267 g/mol. The molecule has 4 nitrogen and oxygen atoms in total. The van der Waals surface area contributed by atoms with E-state index in [0.29, 0.717) is 31.1 Å². The van der Waals surface area contributed by atoms with E-state index < -0.39 is 0 Å². The monoisotopic (exact) mass is 267 g/mol. The van der Waals surface area contributed by atoms with Gasteiger partial charge in [0.1, 0.15) is 0 Å². The van der Waals surface area contributed by atoms with Crippen LogP contribution < -0.4 is 11.1 Å². The highest BCUT2D eigenvalue weighted by Gasteiger charge is 2.26. The standard InChI is InChI=1S/C15H29N3O/c1-12-6-2-3-8-14(12)17-15(19)11-18-9-5-4-7-13(18)10-16/h12-14H,2-11,16H2,1H3,(H,17,19). The second-order valence-electron chi connectivity index (χ2n) is 6.29. The van der Waals surface area contributed by atoms with Gasteiger partial charge in [0.2, 0.25) is 5.91 Å². The number of rotatable bonds is 4. The highest BCUT2D eigenvalue weighted by Crippen LogP contribution is 2.23. The lowest BCUT2D eigenvalue weighted by molar-refractivity contribution is -0.124. The van der Waals surface area contributed by atoms with Gasteiger partial charge in [0, 0.05) is 18.6 Å². The molecule has 3 atom stereocenters. The third-order valence-corrected chi connectivity index (χ3v) is 4.83. The molecule has 3 unspecified atom stereocenters. The summed E-state index contributed by atoms with van der Waals surface area (Å²) in [5.74, 6) is 0.823. The van der Waals surface area contributed by atoms with E-state index in [9.17, 15) is 4.79 Å². The molecule has 1 amide bonds. The molecule has 110 valence electrons. The van der Waals surface area contributed by atoms with Crippen LogP contribution in [-0.2, 0) is 4.79 Å². The summed E-state index contributed by atoms with van der Waals surface area (Å²) in [6.07, 6.45) is 8.56. The zero-order valence-electron chi connectivity index (χ0n) is 12.2. The van der Waals surface area contributed by atoms with E-state index in [0.717, 1.165) is 19.4 Å². The van der Waals surface area contributed by atoms with Crippen molar-refractivity contribution >= 4 is 5.91 Å². The molecule has 2 aliphatic rings. The summed E-state index contributed by atoms with van der Waals surface area (Å²) in [7, 11) is 0. The smallest absolute Gasteiger partial charge is 0.234 e. The van der Waals surface area contributed by atoms with Crippen molar-refractivity contribution in [3.63, 3.8) is 0 Å². The third-order valence-electron chi connectivity index (χ3n) is 4.83. The molecular weight excluding hydrogens is 238 g/mol. The minimum Gasteiger partial charge on any atom is -0.352 e. The fourth-order valence-corrected chi connectivity index (χ4v) is 3.50. The second-order valence-corrected chi connectivity index (χ2v) is 6.29. The van der Waals surface area contributed by atoms with Gasteiger partial charge < -0.3 is 11.1 Å². The van der Waals surface area contributed by atoms with Crippen LogP contribution in [0, 0.1) is 5.92 Å². The molecule has 0 radical (unpaired) electrons. The number of likely N-dealkylation sites (tertiary alicyclic amines) is 1. The molecule has 1 heterocycles. The summed E-state index contributed by atoms with van der Waals surface area (Å²) in [6.45, 7) is 4.49. The lowest BCUT2D eigenvalue weighted by Gasteiger charge is -2.35. The van der Waals surface area contributed by atoms with E-state index in [1.54, 1.807) is 0 Å². The molecule has 4 heteroatoms. The number of nitrogens with two attached hydrogens (primary N) is 1. The van der Waals surface area contributed by atoms with E-state index in [1.807, 2.05) is 0 Å². The highest BCUT2D eigenvalue weighted by atomic mass is 16.2. The number of hydrogen-bond acceptors (Lipinski definition) is 3. The summed E-state index contributed by atoms with van der Waals surface area (Å²) >= 11 is 0. The summed E-state index contributed by atoms with van der Waals surface area (Å²) in [4.78, 5) is 14.5. The van der Waals surface area contributed by atoms with Crippen LogP contribution >= 0.6 is 0 Å². The van der Waals surface area contributed by atoms with Gasteiger partial charge in [0.15, 0.2) is 0 Å². The van der Waals surface area contributed by atoms with Gasteiger partial charge in [-0.3, -0.25) is 9.69 Å². The van der Waals surface area contributed by atoms with Gasteiger partial charge in [0.25, 0.3) is 0 Å². The van der Waals surface area contributed by atoms with Crippen LogP contribution in [0.25, 0.3) is 0 Å². The van der Waals surface area contributed by atoms with Crippen LogP contribution in [0.5, 0.6) is 0 Å². The van der Waals surface area contributed by atoms with Crippen LogP contribution in [0.4, 0.5) is 0 Å². The Bertz CT molecular complexity index is 295. The van der Waals surface area contributed by atoms with E-state index >= 15 is 0 Å². The molecule has 0 aromatic rings. The maximum atomic E-state index is 12.2. The van der Waals surface area contributed by atoms with Crippen molar-refractivity contribution in [1.82, 2.24) is 10.2 Å². The normalized spacial score (nSPS) is 33.1. The fraction of sp³-hybridized carbons (Fsp3) is 0.933. The average Bonchev–Trinajstić information content (AvgIpc) is 2.42. The molecule has 1 aliphatic carbocycles. The first kappa shape index (κ1) is 14.8. The Balaban J connectivity index is 1.79. The van der Waals surface area contributed by atoms with E-state index in [1.165, 1.54) is 32.1 Å². The molecule has 0 aromatic heterocycles. The van der Waals surface area contributed by atoms with Crippen LogP contribution in [0.2, 0.25) is 0 Å². The van der Waals surface area contributed by atoms with Gasteiger partial charge in [-0.15, -0.1) is 0 Å². The van der Waals surface area contributed by atoms with Crippen LogP contribution in [0.1, 0.15) is 51.9 Å². The van der Waals surface area contributed by atoms with Crippen molar-refractivity contribution in [3.8, 4) is 0 Å². The van der Waals surface area contributed by atoms with Gasteiger partial charge in [-0.2, -0.15) is 0 Å². The lowest BCUT2D eigenvalue weighted by Crippen LogP contribution is -2.51. The second kappa shape index (κ2) is 7.25. The summed E-state index contributed by atoms with van der Waals surface area (Å²) in [5, 5.41) is 3.24. The molecule has 1 saturated heterocycles. The maximum Gasteiger partial charge on any atom is 0.234 e. The SMILES string of the molecule is CC1CCCCC1NC(=O)CN1CCCCC1CN. The third kappa shape index (κ3) is 4.18. The molecule has 1 aliphatic heterocycles. The van der Waals surface area contributed by atoms with Gasteiger partial charge >= 0.3 is 0 Å². The topological polar surface area (TPSA) is 58.4 Å². The summed E-state index contributed by atoms with van der Waals surface area (Å²) in [5.41, 5.74) is 5.80. The Morgan fingerprint density at radius 2 is 1.95 bits per heavy atom. The Hall–Kier alpha value is -0.610. The first-order valence-electron chi connectivity index (χ1n) is 7.94. The lowest BCUT2D eigenvalue weighted by atomic mass is 9.86. The van der Waals surface area contributed by atoms with Gasteiger partial charge in [-0.1, -0.05) is 26.2 Å². The first-order chi connectivity index (χ1) is 9.20. The molecule has 2 rings (SSSR count). The Morgan fingerprint density at radius 3 is 2.68 bits per heavy atom. The van der Waals surface area contributed by atoms with Gasteiger partial charge in [-0.05, 0) is 38.1 Å². The van der Waals surface area contributed by atoms with Gasteiger partial charge in [0.05, 0.1) is 6.54 Å². The van der Waals surface area contributed by atoms with Crippen molar-refractivity contribution in [2.45, 2.75) is 64.0 Å². The number of amides is 1. The number of nitrogens with one attached hydrogen (secondary N) is 1. The van der Waals surface area contributed by atoms with E-state index in [2.05, 4.69) is 17.1 Å². The summed E-state index contributed by atoms with van der Waals surface area (Å²) in [6, 6.07) is 0.797. The number of nitrogens with zero attached hydrogens (tertiary/aromatic N) is 1. The minimum atomic E-state index is 0.194. The number of carbonyl (C=O) groups is 1. The highest BCUT2D eigenvalue weighted by molar-refractivity contribution is 5.78. The van der Waals surface area contributed by atoms with Crippen molar-refractivity contribution in [2.75, 3.05) is 19.6 Å². The number of piperidine rings is 1. The minimum absolute atomic E-state index is 0.194. The van der Waals surface area contributed by atoms with Crippen molar-refractivity contribution < 1.29 is 4.79 Å². The van der Waals surface area contributed by atoms with Crippen molar-refractivity contribution in [1.29, 1.82) is 0 Å². The fourth-order valence-electron chi connectivity index (χ4n) is 3.50. The summed E-state index contributed by atoms with van der Waals surface area (Å²) < 4.78 is 0. The molecule has 1 saturated carbocycles. The molecule has 0 bridgehead atoms. The molecule has 0 spiro atoms. The Kier molecular flexibility index (Phi) is 5.64. The predicted octanol–water partition coefficient (Wildman–Crippen LogP) is 1.49. The largest absolute Gasteiger partial charge is 0.352 e. The molecular formula is C15H29N3O. The Morgan fingerprint density at radius 1 is 1.21 bits per heavy atom. The van der Waals surface area contributed by atoms with Crippen LogP contribution in [0.15, 0.2) is 0 Å². The van der Waals surface area contributed by atoms with Crippen LogP contribution in [-0.4, -0.2) is 42.5 Å². The zero-order valence-corrected chi connectivity index (χ0v) is 12.2. The number of hydrogen-bond donors (Lipinski definition) is 2. The predicted molar refractivity (Wildman–Crippen MR) is 77.8 cm³/mol. The molecule has 0 aromatic carbocycles. The molecule has 19 heavy (non-hydrogen) atoms. The van der Waals surface area contributed by atoms with Crippen LogP contribution in [0.3, 0.4) is 0 Å². The van der Waals surface area contributed by atoms with Crippen molar-refractivity contribution in [2.24, 2.45) is 11.7 Å².